The van der Waals surface area contributed by atoms with Crippen LogP contribution in [0.2, 0.25) is 5.04 Å². The van der Waals surface area contributed by atoms with Crippen molar-refractivity contribution in [2.75, 3.05) is 6.61 Å². The molecule has 1 fully saturated rings. The minimum atomic E-state index is -2.78. The van der Waals surface area contributed by atoms with Gasteiger partial charge in [-0.15, -0.1) is 0 Å². The lowest BCUT2D eigenvalue weighted by atomic mass is 10.0. The van der Waals surface area contributed by atoms with E-state index in [0.29, 0.717) is 17.9 Å². The van der Waals surface area contributed by atoms with E-state index in [1.54, 1.807) is 19.9 Å². The second-order valence-corrected chi connectivity index (χ2v) is 15.3. The molecule has 0 aliphatic carbocycles. The number of hydrogen-bond acceptors (Lipinski definition) is 5. The number of carbonyl (C=O) groups is 1. The maximum Gasteiger partial charge on any atom is 0.345 e. The summed E-state index contributed by atoms with van der Waals surface area (Å²) < 4.78 is 24.5. The maximum absolute atomic E-state index is 12.9. The molecule has 3 aromatic carbocycles. The molecule has 0 saturated carbocycles. The molecular weight excluding hydrogens is 480 g/mol. The highest BCUT2D eigenvalue weighted by Crippen LogP contribution is 2.39. The fourth-order valence-electron chi connectivity index (χ4n) is 5.13. The van der Waals surface area contributed by atoms with Crippen molar-refractivity contribution in [2.45, 2.75) is 57.7 Å². The fourth-order valence-corrected chi connectivity index (χ4v) is 9.78. The normalized spacial score (nSPS) is 19.6. The van der Waals surface area contributed by atoms with Crippen LogP contribution in [0.4, 0.5) is 0 Å². The molecule has 0 aromatic heterocycles. The summed E-state index contributed by atoms with van der Waals surface area (Å²) in [5, 5.41) is 2.26. The van der Waals surface area contributed by atoms with Crippen LogP contribution in [0, 0.1) is 0 Å². The third kappa shape index (κ3) is 5.01. The molecule has 2 aliphatic heterocycles. The summed E-state index contributed by atoms with van der Waals surface area (Å²) in [5.41, 5.74) is 1.16. The van der Waals surface area contributed by atoms with Gasteiger partial charge in [-0.1, -0.05) is 106 Å². The second kappa shape index (κ2) is 9.60. The molecule has 5 rings (SSSR count). The number of cyclic esters (lactones) is 1. The van der Waals surface area contributed by atoms with Gasteiger partial charge in [-0.05, 0) is 27.0 Å². The first-order valence-electron chi connectivity index (χ1n) is 12.7. The van der Waals surface area contributed by atoms with Crippen LogP contribution < -0.4 is 15.1 Å². The van der Waals surface area contributed by atoms with Gasteiger partial charge in [0.05, 0.1) is 12.7 Å². The van der Waals surface area contributed by atoms with Crippen molar-refractivity contribution in [1.82, 2.24) is 0 Å². The Balaban J connectivity index is 1.57. The summed E-state index contributed by atoms with van der Waals surface area (Å²) >= 11 is 0. The molecule has 6 heteroatoms. The summed E-state index contributed by atoms with van der Waals surface area (Å²) in [6, 6.07) is 26.7. The predicted molar refractivity (Wildman–Crippen MR) is 148 cm³/mol. The fraction of sp³-hybridized carbons (Fsp3) is 0.323. The van der Waals surface area contributed by atoms with Gasteiger partial charge < -0.3 is 18.6 Å². The first kappa shape index (κ1) is 25.5. The Hall–Kier alpha value is -3.19. The number of benzene rings is 3. The molecule has 0 amide bonds. The largest absolute Gasteiger partial charge is 0.452 e. The SMILES string of the molecule is CC1(C)OC(=O)c2c(/C=C/[C@H](O[Si](c3ccccc3)(c3ccccc3)C(C)(C)C)[C@H]3CO3)cccc2O1. The lowest BCUT2D eigenvalue weighted by Gasteiger charge is -2.44. The van der Waals surface area contributed by atoms with Crippen molar-refractivity contribution in [2.24, 2.45) is 0 Å². The number of ether oxygens (including phenoxy) is 3. The number of esters is 1. The van der Waals surface area contributed by atoms with Crippen LogP contribution in [0.3, 0.4) is 0 Å². The van der Waals surface area contributed by atoms with E-state index >= 15 is 0 Å². The van der Waals surface area contributed by atoms with Gasteiger partial charge >= 0.3 is 5.97 Å². The highest BCUT2D eigenvalue weighted by Gasteiger charge is 2.53. The van der Waals surface area contributed by atoms with Crippen LogP contribution in [0.15, 0.2) is 84.9 Å². The average Bonchev–Trinajstić information content (AvgIpc) is 3.69. The molecule has 0 radical (unpaired) electrons. The molecular formula is C31H34O5Si. The Bertz CT molecular complexity index is 1250. The van der Waals surface area contributed by atoms with Crippen molar-refractivity contribution in [3.05, 3.63) is 96.1 Å². The number of fused-ring (bicyclic) bond motifs is 1. The number of rotatable bonds is 7. The van der Waals surface area contributed by atoms with Crippen LogP contribution in [0.1, 0.15) is 50.5 Å². The molecule has 2 aliphatic rings. The Kier molecular flexibility index (Phi) is 6.60. The summed E-state index contributed by atoms with van der Waals surface area (Å²) in [5.74, 6) is -0.863. The van der Waals surface area contributed by atoms with Crippen molar-refractivity contribution in [3.8, 4) is 5.75 Å². The van der Waals surface area contributed by atoms with Crippen molar-refractivity contribution in [3.63, 3.8) is 0 Å². The van der Waals surface area contributed by atoms with Crippen molar-refractivity contribution in [1.29, 1.82) is 0 Å². The molecule has 0 bridgehead atoms. The third-order valence-electron chi connectivity index (χ3n) is 6.88. The zero-order valence-corrected chi connectivity index (χ0v) is 23.1. The predicted octanol–water partition coefficient (Wildman–Crippen LogP) is 5.33. The second-order valence-electron chi connectivity index (χ2n) is 11.1. The Morgan fingerprint density at radius 3 is 2.05 bits per heavy atom. The molecule has 5 nitrogen and oxygen atoms in total. The molecule has 0 unspecified atom stereocenters. The first-order chi connectivity index (χ1) is 17.6. The molecule has 2 atom stereocenters. The van der Waals surface area contributed by atoms with E-state index in [1.165, 1.54) is 10.4 Å². The standard InChI is InChI=1S/C31H34O5Si/c1-30(2,3)37(23-14-8-6-9-15-23,24-16-10-7-11-17-24)36-25(27-21-33-27)20-19-22-13-12-18-26-28(22)29(32)35-31(4,5)34-26/h6-20,25,27H,21H2,1-5H3/b20-19+/t25-,27+/m0/s1. The van der Waals surface area contributed by atoms with Crippen LogP contribution in [0.25, 0.3) is 6.08 Å². The van der Waals surface area contributed by atoms with Crippen LogP contribution in [0.5, 0.6) is 5.75 Å². The summed E-state index contributed by atoms with van der Waals surface area (Å²) in [6.07, 6.45) is 3.63. The van der Waals surface area contributed by atoms with E-state index < -0.39 is 20.1 Å². The smallest absolute Gasteiger partial charge is 0.345 e. The monoisotopic (exact) mass is 514 g/mol. The van der Waals surface area contributed by atoms with Gasteiger partial charge in [0.2, 0.25) is 5.79 Å². The van der Waals surface area contributed by atoms with E-state index in [1.807, 2.05) is 36.4 Å². The van der Waals surface area contributed by atoms with E-state index in [0.717, 1.165) is 5.56 Å². The van der Waals surface area contributed by atoms with E-state index in [-0.39, 0.29) is 17.2 Å². The molecule has 0 N–H and O–H groups in total. The van der Waals surface area contributed by atoms with E-state index in [4.69, 9.17) is 18.6 Å². The highest BCUT2D eigenvalue weighted by molar-refractivity contribution is 6.99. The van der Waals surface area contributed by atoms with Gasteiger partial charge in [0.25, 0.3) is 8.32 Å². The topological polar surface area (TPSA) is 57.3 Å². The molecule has 192 valence electrons. The van der Waals surface area contributed by atoms with Gasteiger partial charge in [-0.25, -0.2) is 4.79 Å². The highest BCUT2D eigenvalue weighted by atomic mass is 28.4. The molecule has 2 heterocycles. The minimum Gasteiger partial charge on any atom is -0.452 e. The maximum atomic E-state index is 12.9. The minimum absolute atomic E-state index is 0.0421. The Labute approximate surface area is 220 Å². The quantitative estimate of drug-likeness (QED) is 0.242. The molecule has 3 aromatic rings. The van der Waals surface area contributed by atoms with Gasteiger partial charge in [-0.2, -0.15) is 0 Å². The Morgan fingerprint density at radius 1 is 0.919 bits per heavy atom. The molecule has 37 heavy (non-hydrogen) atoms. The van der Waals surface area contributed by atoms with Gasteiger partial charge in [-0.3, -0.25) is 0 Å². The number of carbonyl (C=O) groups excluding carboxylic acids is 1. The van der Waals surface area contributed by atoms with Crippen LogP contribution in [-0.2, 0) is 13.9 Å². The number of epoxide rings is 1. The molecule has 1 saturated heterocycles. The molecule has 0 spiro atoms. The van der Waals surface area contributed by atoms with Crippen molar-refractivity contribution >= 4 is 30.7 Å². The summed E-state index contributed by atoms with van der Waals surface area (Å²) in [7, 11) is -2.78. The Morgan fingerprint density at radius 2 is 1.51 bits per heavy atom. The van der Waals surface area contributed by atoms with Crippen LogP contribution >= 0.6 is 0 Å². The third-order valence-corrected chi connectivity index (χ3v) is 11.9. The van der Waals surface area contributed by atoms with E-state index in [9.17, 15) is 4.79 Å². The lowest BCUT2D eigenvalue weighted by Crippen LogP contribution is -2.68. The average molecular weight is 515 g/mol. The zero-order valence-electron chi connectivity index (χ0n) is 22.1. The summed E-state index contributed by atoms with van der Waals surface area (Å²) in [6.45, 7) is 10.9. The zero-order chi connectivity index (χ0) is 26.3. The first-order valence-corrected chi connectivity index (χ1v) is 14.7. The van der Waals surface area contributed by atoms with E-state index in [2.05, 4.69) is 69.3 Å². The van der Waals surface area contributed by atoms with Gasteiger partial charge in [0.15, 0.2) is 0 Å². The van der Waals surface area contributed by atoms with Crippen LogP contribution in [-0.4, -0.2) is 38.9 Å². The van der Waals surface area contributed by atoms with Gasteiger partial charge in [0, 0.05) is 13.8 Å². The van der Waals surface area contributed by atoms with Crippen molar-refractivity contribution < 1.29 is 23.4 Å². The van der Waals surface area contributed by atoms with Gasteiger partial charge in [0.1, 0.15) is 17.4 Å². The number of hydrogen-bond donors (Lipinski definition) is 0. The summed E-state index contributed by atoms with van der Waals surface area (Å²) in [4.78, 5) is 12.9. The lowest BCUT2D eigenvalue weighted by molar-refractivity contribution is -0.127.